The molecule has 0 aromatic heterocycles. The van der Waals surface area contributed by atoms with Gasteiger partial charge in [0.05, 0.1) is 0 Å². The lowest BCUT2D eigenvalue weighted by Crippen LogP contribution is -2.10. The lowest BCUT2D eigenvalue weighted by molar-refractivity contribution is 0.0172. The molecule has 4 heteroatoms. The van der Waals surface area contributed by atoms with E-state index in [1.807, 2.05) is 0 Å². The van der Waals surface area contributed by atoms with Gasteiger partial charge in [-0.1, -0.05) is 47.5 Å². The molecule has 2 aromatic carbocycles. The zero-order valence-electron chi connectivity index (χ0n) is 9.42. The van der Waals surface area contributed by atoms with E-state index in [1.165, 1.54) is 0 Å². The second-order valence-electron chi connectivity index (χ2n) is 3.99. The molecule has 0 amide bonds. The SMILES string of the molecule is O[C@H](c1ccc(Cl)cc1)[C@H](O)c1ccc(Cl)cc1. The van der Waals surface area contributed by atoms with Gasteiger partial charge in [-0.3, -0.25) is 0 Å². The van der Waals surface area contributed by atoms with Crippen LogP contribution in [0.2, 0.25) is 10.0 Å². The van der Waals surface area contributed by atoms with Crippen molar-refractivity contribution in [2.24, 2.45) is 0 Å². The van der Waals surface area contributed by atoms with E-state index in [9.17, 15) is 10.2 Å². The predicted octanol–water partition coefficient (Wildman–Crippen LogP) is 3.76. The molecule has 0 unspecified atom stereocenters. The van der Waals surface area contributed by atoms with Crippen LogP contribution in [0.25, 0.3) is 0 Å². The van der Waals surface area contributed by atoms with E-state index in [1.54, 1.807) is 48.5 Å². The molecule has 94 valence electrons. The fraction of sp³-hybridized carbons (Fsp3) is 0.143. The number of hydrogen-bond donors (Lipinski definition) is 2. The number of halogens is 2. The van der Waals surface area contributed by atoms with Crippen molar-refractivity contribution in [1.29, 1.82) is 0 Å². The summed E-state index contributed by atoms with van der Waals surface area (Å²) in [6, 6.07) is 13.4. The molecule has 2 aromatic rings. The van der Waals surface area contributed by atoms with Crippen LogP contribution in [0.3, 0.4) is 0 Å². The van der Waals surface area contributed by atoms with Gasteiger partial charge in [-0.25, -0.2) is 0 Å². The monoisotopic (exact) mass is 282 g/mol. The largest absolute Gasteiger partial charge is 0.385 e. The summed E-state index contributed by atoms with van der Waals surface area (Å²) in [7, 11) is 0. The quantitative estimate of drug-likeness (QED) is 0.900. The van der Waals surface area contributed by atoms with E-state index < -0.39 is 12.2 Å². The molecular formula is C14H12Cl2O2. The highest BCUT2D eigenvalue weighted by Crippen LogP contribution is 2.29. The maximum atomic E-state index is 10.1. The molecule has 0 aliphatic carbocycles. The van der Waals surface area contributed by atoms with Crippen molar-refractivity contribution < 1.29 is 10.2 Å². The lowest BCUT2D eigenvalue weighted by Gasteiger charge is -2.18. The van der Waals surface area contributed by atoms with Gasteiger partial charge in [0.1, 0.15) is 12.2 Å². The van der Waals surface area contributed by atoms with Crippen molar-refractivity contribution in [2.45, 2.75) is 12.2 Å². The first-order valence-corrected chi connectivity index (χ1v) is 6.20. The Hall–Kier alpha value is -1.06. The highest BCUT2D eigenvalue weighted by Gasteiger charge is 2.19. The minimum absolute atomic E-state index is 0.590. The van der Waals surface area contributed by atoms with Crippen LogP contribution < -0.4 is 0 Å². The molecule has 0 bridgehead atoms. The number of benzene rings is 2. The van der Waals surface area contributed by atoms with Crippen LogP contribution in [0, 0.1) is 0 Å². The highest BCUT2D eigenvalue weighted by atomic mass is 35.5. The Morgan fingerprint density at radius 2 is 0.889 bits per heavy atom. The first-order valence-electron chi connectivity index (χ1n) is 5.45. The van der Waals surface area contributed by atoms with E-state index in [2.05, 4.69) is 0 Å². The fourth-order valence-electron chi connectivity index (χ4n) is 1.68. The van der Waals surface area contributed by atoms with Crippen LogP contribution in [0.4, 0.5) is 0 Å². The van der Waals surface area contributed by atoms with Gasteiger partial charge >= 0.3 is 0 Å². The van der Waals surface area contributed by atoms with E-state index in [0.717, 1.165) is 0 Å². The molecule has 2 nitrogen and oxygen atoms in total. The normalized spacial score (nSPS) is 14.2. The summed E-state index contributed by atoms with van der Waals surface area (Å²) in [6.45, 7) is 0. The Morgan fingerprint density at radius 3 is 1.17 bits per heavy atom. The standard InChI is InChI=1S/C14H12Cl2O2/c15-11-5-1-9(2-6-11)13(17)14(18)10-3-7-12(16)8-4-10/h1-8,13-14,17-18H/t13-,14-/m1/s1. The smallest absolute Gasteiger partial charge is 0.109 e. The van der Waals surface area contributed by atoms with Crippen LogP contribution in [-0.2, 0) is 0 Å². The van der Waals surface area contributed by atoms with Crippen molar-refractivity contribution >= 4 is 23.2 Å². The van der Waals surface area contributed by atoms with E-state index in [0.29, 0.717) is 21.2 Å². The van der Waals surface area contributed by atoms with Crippen LogP contribution in [0.5, 0.6) is 0 Å². The van der Waals surface area contributed by atoms with Crippen LogP contribution in [0.1, 0.15) is 23.3 Å². The molecule has 0 aliphatic heterocycles. The second-order valence-corrected chi connectivity index (χ2v) is 4.87. The van der Waals surface area contributed by atoms with E-state index >= 15 is 0 Å². The van der Waals surface area contributed by atoms with Crippen molar-refractivity contribution in [1.82, 2.24) is 0 Å². The molecule has 0 fully saturated rings. The van der Waals surface area contributed by atoms with Gasteiger partial charge in [-0.15, -0.1) is 0 Å². The minimum atomic E-state index is -0.997. The van der Waals surface area contributed by atoms with Crippen molar-refractivity contribution in [2.75, 3.05) is 0 Å². The van der Waals surface area contributed by atoms with Gasteiger partial charge in [0.15, 0.2) is 0 Å². The lowest BCUT2D eigenvalue weighted by atomic mass is 9.98. The van der Waals surface area contributed by atoms with Gasteiger partial charge in [-0.05, 0) is 35.4 Å². The third-order valence-corrected chi connectivity index (χ3v) is 3.23. The van der Waals surface area contributed by atoms with Gasteiger partial charge in [0.25, 0.3) is 0 Å². The summed E-state index contributed by atoms with van der Waals surface area (Å²) in [5.41, 5.74) is 1.23. The van der Waals surface area contributed by atoms with Gasteiger partial charge < -0.3 is 10.2 Å². The first kappa shape index (κ1) is 13.4. The molecule has 2 N–H and O–H groups in total. The molecule has 0 saturated heterocycles. The average molecular weight is 283 g/mol. The number of rotatable bonds is 3. The summed E-state index contributed by atoms with van der Waals surface area (Å²) in [6.07, 6.45) is -1.99. The van der Waals surface area contributed by atoms with Gasteiger partial charge in [0, 0.05) is 10.0 Å². The predicted molar refractivity (Wildman–Crippen MR) is 72.8 cm³/mol. The molecule has 0 heterocycles. The average Bonchev–Trinajstić information content (AvgIpc) is 2.39. The summed E-state index contributed by atoms with van der Waals surface area (Å²) in [5, 5.41) is 21.3. The molecule has 0 saturated carbocycles. The third-order valence-electron chi connectivity index (χ3n) is 2.72. The Bertz CT molecular complexity index is 459. The molecule has 2 atom stereocenters. The molecular weight excluding hydrogens is 271 g/mol. The summed E-state index contributed by atoms with van der Waals surface area (Å²) < 4.78 is 0. The molecule has 2 rings (SSSR count). The Morgan fingerprint density at radius 1 is 0.611 bits per heavy atom. The number of aliphatic hydroxyl groups excluding tert-OH is 2. The molecule has 0 radical (unpaired) electrons. The number of aliphatic hydroxyl groups is 2. The Kier molecular flexibility index (Phi) is 4.25. The Balaban J connectivity index is 2.20. The van der Waals surface area contributed by atoms with Gasteiger partial charge in [0.2, 0.25) is 0 Å². The van der Waals surface area contributed by atoms with E-state index in [-0.39, 0.29) is 0 Å². The van der Waals surface area contributed by atoms with E-state index in [4.69, 9.17) is 23.2 Å². The Labute approximate surface area is 115 Å². The maximum Gasteiger partial charge on any atom is 0.109 e. The molecule has 0 aliphatic rings. The molecule has 18 heavy (non-hydrogen) atoms. The van der Waals surface area contributed by atoms with Crippen molar-refractivity contribution in [3.05, 3.63) is 69.7 Å². The number of hydrogen-bond acceptors (Lipinski definition) is 2. The van der Waals surface area contributed by atoms with Crippen LogP contribution in [0.15, 0.2) is 48.5 Å². The first-order chi connectivity index (χ1) is 8.58. The summed E-state index contributed by atoms with van der Waals surface area (Å²) in [5.74, 6) is 0. The zero-order chi connectivity index (χ0) is 13.1. The molecule has 0 spiro atoms. The topological polar surface area (TPSA) is 40.5 Å². The zero-order valence-corrected chi connectivity index (χ0v) is 10.9. The maximum absolute atomic E-state index is 10.1. The van der Waals surface area contributed by atoms with Crippen molar-refractivity contribution in [3.63, 3.8) is 0 Å². The van der Waals surface area contributed by atoms with Crippen LogP contribution >= 0.6 is 23.2 Å². The van der Waals surface area contributed by atoms with Gasteiger partial charge in [-0.2, -0.15) is 0 Å². The third kappa shape index (κ3) is 3.03. The fourth-order valence-corrected chi connectivity index (χ4v) is 1.94. The second kappa shape index (κ2) is 5.72. The van der Waals surface area contributed by atoms with Crippen molar-refractivity contribution in [3.8, 4) is 0 Å². The van der Waals surface area contributed by atoms with Crippen LogP contribution in [-0.4, -0.2) is 10.2 Å². The minimum Gasteiger partial charge on any atom is -0.385 e. The summed E-state index contributed by atoms with van der Waals surface area (Å²) >= 11 is 11.5. The summed E-state index contributed by atoms with van der Waals surface area (Å²) in [4.78, 5) is 0. The highest BCUT2D eigenvalue weighted by molar-refractivity contribution is 6.30.